The van der Waals surface area contributed by atoms with E-state index in [0.29, 0.717) is 24.7 Å². The first-order valence-corrected chi connectivity index (χ1v) is 8.80. The normalized spacial score (nSPS) is 10.1. The van der Waals surface area contributed by atoms with Gasteiger partial charge in [-0.15, -0.1) is 0 Å². The van der Waals surface area contributed by atoms with E-state index in [1.165, 1.54) is 0 Å². The van der Waals surface area contributed by atoms with E-state index in [1.54, 1.807) is 48.5 Å². The van der Waals surface area contributed by atoms with E-state index in [2.05, 4.69) is 9.47 Å². The molecule has 8 nitrogen and oxygen atoms in total. The monoisotopic (exact) mass is 390 g/mol. The maximum Gasteiger partial charge on any atom is 0.511 e. The van der Waals surface area contributed by atoms with Crippen LogP contribution >= 0.6 is 0 Å². The van der Waals surface area contributed by atoms with Gasteiger partial charge in [0.2, 0.25) is 0 Å². The minimum atomic E-state index is -1.35. The van der Waals surface area contributed by atoms with Crippen LogP contribution < -0.4 is 18.9 Å². The number of carbonyl (C=O) groups is 2. The van der Waals surface area contributed by atoms with Crippen molar-refractivity contribution in [1.82, 2.24) is 0 Å². The van der Waals surface area contributed by atoms with E-state index in [4.69, 9.17) is 19.7 Å². The third-order valence-electron chi connectivity index (χ3n) is 3.63. The first-order valence-electron chi connectivity index (χ1n) is 8.80. The van der Waals surface area contributed by atoms with Crippen molar-refractivity contribution in [3.05, 3.63) is 48.5 Å². The Kier molecular flexibility index (Phi) is 8.45. The molecule has 0 saturated carbocycles. The maximum atomic E-state index is 10.4. The smallest absolute Gasteiger partial charge is 0.494 e. The number of hydrogen-bond acceptors (Lipinski definition) is 6. The Morgan fingerprint density at radius 1 is 0.571 bits per heavy atom. The molecule has 0 unspecified atom stereocenters. The molecule has 0 radical (unpaired) electrons. The van der Waals surface area contributed by atoms with E-state index < -0.39 is 12.3 Å². The van der Waals surface area contributed by atoms with Gasteiger partial charge >= 0.3 is 12.3 Å². The van der Waals surface area contributed by atoms with Gasteiger partial charge in [-0.05, 0) is 74.2 Å². The highest BCUT2D eigenvalue weighted by Gasteiger charge is 2.02. The van der Waals surface area contributed by atoms with Gasteiger partial charge in [-0.25, -0.2) is 9.59 Å². The van der Waals surface area contributed by atoms with Gasteiger partial charge in [0.05, 0.1) is 13.2 Å². The molecular formula is C20H22O8. The molecule has 0 aromatic heterocycles. The van der Waals surface area contributed by atoms with Crippen LogP contribution in [0.5, 0.6) is 23.0 Å². The SMILES string of the molecule is O=C(O)Oc1ccc(OCCCCCCOc2ccc(OC(=O)O)cc2)cc1. The van der Waals surface area contributed by atoms with Gasteiger partial charge in [0.15, 0.2) is 0 Å². The van der Waals surface area contributed by atoms with Crippen molar-refractivity contribution in [3.63, 3.8) is 0 Å². The Labute approximate surface area is 162 Å². The molecule has 0 aliphatic carbocycles. The molecule has 0 atom stereocenters. The Hall–Kier alpha value is -3.42. The van der Waals surface area contributed by atoms with Crippen LogP contribution in [0.25, 0.3) is 0 Å². The highest BCUT2D eigenvalue weighted by atomic mass is 16.7. The Balaban J connectivity index is 1.51. The van der Waals surface area contributed by atoms with Crippen molar-refractivity contribution in [2.24, 2.45) is 0 Å². The molecule has 0 fully saturated rings. The molecule has 2 aromatic carbocycles. The van der Waals surface area contributed by atoms with Gasteiger partial charge in [0, 0.05) is 0 Å². The minimum absolute atomic E-state index is 0.254. The van der Waals surface area contributed by atoms with Crippen molar-refractivity contribution >= 4 is 12.3 Å². The molecule has 150 valence electrons. The van der Waals surface area contributed by atoms with E-state index in [-0.39, 0.29) is 11.5 Å². The van der Waals surface area contributed by atoms with Crippen LogP contribution in [0.1, 0.15) is 25.7 Å². The zero-order chi connectivity index (χ0) is 20.2. The number of ether oxygens (including phenoxy) is 4. The molecule has 2 rings (SSSR count). The lowest BCUT2D eigenvalue weighted by Crippen LogP contribution is -2.03. The summed E-state index contributed by atoms with van der Waals surface area (Å²) in [5, 5.41) is 17.0. The largest absolute Gasteiger partial charge is 0.511 e. The third kappa shape index (κ3) is 8.31. The zero-order valence-corrected chi connectivity index (χ0v) is 15.2. The number of unbranched alkanes of at least 4 members (excludes halogenated alkanes) is 3. The van der Waals surface area contributed by atoms with Crippen molar-refractivity contribution in [3.8, 4) is 23.0 Å². The number of benzene rings is 2. The first-order chi connectivity index (χ1) is 13.5. The Morgan fingerprint density at radius 3 is 1.21 bits per heavy atom. The summed E-state index contributed by atoms with van der Waals surface area (Å²) >= 11 is 0. The molecule has 2 aromatic rings. The summed E-state index contributed by atoms with van der Waals surface area (Å²) in [6.45, 7) is 1.15. The first kappa shape index (κ1) is 20.9. The lowest BCUT2D eigenvalue weighted by molar-refractivity contribution is 0.143. The summed E-state index contributed by atoms with van der Waals surface area (Å²) in [7, 11) is 0. The van der Waals surface area contributed by atoms with E-state index in [9.17, 15) is 9.59 Å². The number of hydrogen-bond donors (Lipinski definition) is 2. The quantitative estimate of drug-likeness (QED) is 0.319. The number of rotatable bonds is 11. The zero-order valence-electron chi connectivity index (χ0n) is 15.2. The predicted molar refractivity (Wildman–Crippen MR) is 99.6 cm³/mol. The summed E-state index contributed by atoms with van der Waals surface area (Å²) in [5.41, 5.74) is 0. The fourth-order valence-electron chi connectivity index (χ4n) is 2.35. The average Bonchev–Trinajstić information content (AvgIpc) is 2.65. The highest BCUT2D eigenvalue weighted by molar-refractivity contribution is 5.61. The van der Waals surface area contributed by atoms with E-state index >= 15 is 0 Å². The lowest BCUT2D eigenvalue weighted by Gasteiger charge is -2.08. The molecule has 0 aliphatic heterocycles. The maximum absolute atomic E-state index is 10.4. The second-order valence-electron chi connectivity index (χ2n) is 5.79. The summed E-state index contributed by atoms with van der Waals surface area (Å²) in [4.78, 5) is 20.8. The molecular weight excluding hydrogens is 368 g/mol. The molecule has 8 heteroatoms. The fraction of sp³-hybridized carbons (Fsp3) is 0.300. The standard InChI is InChI=1S/C20H22O8/c21-19(22)27-17-9-5-15(6-10-17)25-13-3-1-2-4-14-26-16-7-11-18(12-8-16)28-20(23)24/h5-12H,1-4,13-14H2,(H,21,22)(H,23,24). The topological polar surface area (TPSA) is 112 Å². The van der Waals surface area contributed by atoms with Crippen molar-refractivity contribution < 1.29 is 38.7 Å². The van der Waals surface area contributed by atoms with Crippen LogP contribution in [0.15, 0.2) is 48.5 Å². The van der Waals surface area contributed by atoms with Crippen LogP contribution in [-0.2, 0) is 0 Å². The highest BCUT2D eigenvalue weighted by Crippen LogP contribution is 2.19. The van der Waals surface area contributed by atoms with E-state index in [0.717, 1.165) is 25.7 Å². The molecule has 0 spiro atoms. The van der Waals surface area contributed by atoms with Crippen molar-refractivity contribution in [2.45, 2.75) is 25.7 Å². The van der Waals surface area contributed by atoms with Crippen LogP contribution in [0.2, 0.25) is 0 Å². The van der Waals surface area contributed by atoms with Crippen molar-refractivity contribution in [1.29, 1.82) is 0 Å². The molecule has 0 heterocycles. The summed E-state index contributed by atoms with van der Waals surface area (Å²) in [6, 6.07) is 12.8. The molecule has 28 heavy (non-hydrogen) atoms. The Morgan fingerprint density at radius 2 is 0.893 bits per heavy atom. The van der Waals surface area contributed by atoms with E-state index in [1.807, 2.05) is 0 Å². The molecule has 0 saturated heterocycles. The number of carboxylic acid groups (broad SMARTS) is 2. The van der Waals surface area contributed by atoms with Crippen LogP contribution in [0, 0.1) is 0 Å². The summed E-state index contributed by atoms with van der Waals surface area (Å²) in [5.74, 6) is 1.83. The predicted octanol–water partition coefficient (Wildman–Crippen LogP) is 4.82. The van der Waals surface area contributed by atoms with Crippen LogP contribution in [0.3, 0.4) is 0 Å². The van der Waals surface area contributed by atoms with Crippen molar-refractivity contribution in [2.75, 3.05) is 13.2 Å². The molecule has 0 bridgehead atoms. The van der Waals surface area contributed by atoms with Gasteiger partial charge < -0.3 is 29.2 Å². The fourth-order valence-corrected chi connectivity index (χ4v) is 2.35. The molecule has 0 aliphatic rings. The molecule has 2 N–H and O–H groups in total. The Bertz CT molecular complexity index is 674. The van der Waals surface area contributed by atoms with Gasteiger partial charge in [0.25, 0.3) is 0 Å². The van der Waals surface area contributed by atoms with Gasteiger partial charge in [-0.2, -0.15) is 0 Å². The summed E-state index contributed by atoms with van der Waals surface area (Å²) < 4.78 is 20.2. The molecule has 0 amide bonds. The minimum Gasteiger partial charge on any atom is -0.494 e. The van der Waals surface area contributed by atoms with Gasteiger partial charge in [-0.3, -0.25) is 0 Å². The lowest BCUT2D eigenvalue weighted by atomic mass is 10.2. The van der Waals surface area contributed by atoms with Gasteiger partial charge in [0.1, 0.15) is 23.0 Å². The third-order valence-corrected chi connectivity index (χ3v) is 3.63. The average molecular weight is 390 g/mol. The summed E-state index contributed by atoms with van der Waals surface area (Å²) in [6.07, 6.45) is 1.09. The van der Waals surface area contributed by atoms with Crippen LogP contribution in [-0.4, -0.2) is 35.7 Å². The second-order valence-corrected chi connectivity index (χ2v) is 5.79. The van der Waals surface area contributed by atoms with Crippen LogP contribution in [0.4, 0.5) is 9.59 Å². The van der Waals surface area contributed by atoms with Gasteiger partial charge in [-0.1, -0.05) is 0 Å². The second kappa shape index (κ2) is 11.3.